The fourth-order valence-corrected chi connectivity index (χ4v) is 5.52. The van der Waals surface area contributed by atoms with Gasteiger partial charge in [0.15, 0.2) is 0 Å². The molecule has 4 atom stereocenters. The van der Waals surface area contributed by atoms with Crippen molar-refractivity contribution < 1.29 is 53.0 Å². The van der Waals surface area contributed by atoms with E-state index in [0.717, 1.165) is 6.07 Å². The summed E-state index contributed by atoms with van der Waals surface area (Å²) in [6.45, 7) is 3.48. The van der Waals surface area contributed by atoms with Crippen LogP contribution in [0.15, 0.2) is 48.5 Å². The minimum Gasteiger partial charge on any atom is -0.496 e. The summed E-state index contributed by atoms with van der Waals surface area (Å²) in [6.07, 6.45) is 0.593. The van der Waals surface area contributed by atoms with Gasteiger partial charge in [-0.05, 0) is 68.3 Å². The second-order valence-electron chi connectivity index (χ2n) is 13.7. The Morgan fingerprint density at radius 3 is 1.98 bits per heavy atom. The van der Waals surface area contributed by atoms with Crippen molar-refractivity contribution in [3.8, 4) is 5.75 Å². The number of rotatable bonds is 23. The van der Waals surface area contributed by atoms with E-state index in [4.69, 9.17) is 27.0 Å². The maximum Gasteiger partial charge on any atom is 0.313 e. The maximum absolute atomic E-state index is 13.5. The summed E-state index contributed by atoms with van der Waals surface area (Å²) in [5, 5.41) is 21.2. The lowest BCUT2D eigenvalue weighted by molar-refractivity contribution is -0.138. The number of benzene rings is 2. The molecule has 2 rings (SSSR count). The molecule has 2 aromatic rings. The molecule has 0 heterocycles. The van der Waals surface area contributed by atoms with Gasteiger partial charge in [-0.15, -0.1) is 0 Å². The number of carboxylic acids is 1. The van der Waals surface area contributed by atoms with E-state index in [1.165, 1.54) is 19.2 Å². The molecule has 0 fully saturated rings. The van der Waals surface area contributed by atoms with Gasteiger partial charge in [-0.3, -0.25) is 54.0 Å². The van der Waals surface area contributed by atoms with Gasteiger partial charge in [-0.2, -0.15) is 0 Å². The Morgan fingerprint density at radius 1 is 0.729 bits per heavy atom. The quantitative estimate of drug-likeness (QED) is 0.0331. The molecule has 0 radical (unpaired) electrons. The number of aliphatic carboxylic acids is 1. The SMILES string of the molecule is COc1ccc(NC(=O)C(=O)N[C@@H](CC(C)C)C(=O)N[C@@H](CCCCN)C(N)=O)cc1C(=O)NNC(=O)[C@H](Cc1ccccc1)NC(=O)[C@H](CCC(=O)O)NC(=O)CN. The van der Waals surface area contributed by atoms with Gasteiger partial charge in [0.2, 0.25) is 23.6 Å². The van der Waals surface area contributed by atoms with Crippen LogP contribution in [0.3, 0.4) is 0 Å². The molecule has 0 saturated carbocycles. The summed E-state index contributed by atoms with van der Waals surface area (Å²) >= 11 is 0. The number of ether oxygens (including phenoxy) is 1. The zero-order chi connectivity index (χ0) is 44.1. The molecule has 0 unspecified atom stereocenters. The topological polar surface area (TPSA) is 345 Å². The van der Waals surface area contributed by atoms with Gasteiger partial charge in [-0.25, -0.2) is 0 Å². The number of hydrazine groups is 1. The number of hydrogen-bond acceptors (Lipinski definition) is 12. The van der Waals surface area contributed by atoms with Gasteiger partial charge in [0.25, 0.3) is 11.8 Å². The molecular formula is C38H54N10O11. The Bertz CT molecular complexity index is 1810. The first-order valence-corrected chi connectivity index (χ1v) is 18.7. The Morgan fingerprint density at radius 2 is 1.39 bits per heavy atom. The van der Waals surface area contributed by atoms with Crippen LogP contribution in [0.5, 0.6) is 5.75 Å². The maximum atomic E-state index is 13.5. The van der Waals surface area contributed by atoms with Gasteiger partial charge in [0, 0.05) is 18.5 Å². The number of nitrogens with one attached hydrogen (secondary N) is 7. The number of carbonyl (C=O) groups excluding carboxylic acids is 8. The lowest BCUT2D eigenvalue weighted by Gasteiger charge is -2.23. The van der Waals surface area contributed by atoms with E-state index >= 15 is 0 Å². The van der Waals surface area contributed by atoms with Crippen molar-refractivity contribution >= 4 is 58.9 Å². The molecule has 21 heteroatoms. The largest absolute Gasteiger partial charge is 0.496 e. The third-order valence-corrected chi connectivity index (χ3v) is 8.54. The molecule has 8 amide bonds. The Hall–Kier alpha value is -6.61. The third-order valence-electron chi connectivity index (χ3n) is 8.54. The molecule has 0 bridgehead atoms. The van der Waals surface area contributed by atoms with Crippen LogP contribution < -0.4 is 59.4 Å². The highest BCUT2D eigenvalue weighted by atomic mass is 16.5. The molecular weight excluding hydrogens is 772 g/mol. The summed E-state index contributed by atoms with van der Waals surface area (Å²) in [5.41, 5.74) is 21.1. The molecule has 21 nitrogen and oxygen atoms in total. The standard InChI is InChI=1S/C38H54N10O11/c1-21(2)17-27(35(55)44-25(32(41)52)11-7-8-16-39)46-38(58)37(57)42-23-12-14-29(59-3)24(19-23)33(53)47-48-36(56)28(18-22-9-5-4-6-10-22)45-34(54)26(13-15-31(50)51)43-30(49)20-40/h4-6,9-10,12,14,19,21,25-28H,7-8,11,13,15-18,20,39-40H2,1-3H3,(H2,41,52)(H,42,57)(H,43,49)(H,44,55)(H,45,54)(H,46,58)(H,47,53)(H,48,56)(H,50,51)/t25-,26-,27-,28-/m0/s1. The van der Waals surface area contributed by atoms with Crippen LogP contribution >= 0.6 is 0 Å². The number of primary amides is 1. The first-order chi connectivity index (χ1) is 28.0. The number of unbranched alkanes of at least 4 members (excludes halogenated alkanes) is 1. The third kappa shape index (κ3) is 17.2. The number of carboxylic acid groups (broad SMARTS) is 1. The molecule has 322 valence electrons. The normalized spacial score (nSPS) is 12.7. The van der Waals surface area contributed by atoms with Crippen molar-refractivity contribution in [1.82, 2.24) is 32.1 Å². The van der Waals surface area contributed by atoms with Crippen LogP contribution in [0.2, 0.25) is 0 Å². The molecule has 0 aliphatic heterocycles. The molecule has 59 heavy (non-hydrogen) atoms. The van der Waals surface area contributed by atoms with Crippen LogP contribution in [0.1, 0.15) is 68.3 Å². The predicted molar refractivity (Wildman–Crippen MR) is 213 cm³/mol. The first kappa shape index (κ1) is 48.5. The van der Waals surface area contributed by atoms with E-state index in [1.54, 1.807) is 44.2 Å². The lowest BCUT2D eigenvalue weighted by atomic mass is 10.0. The fraction of sp³-hybridized carbons (Fsp3) is 0.447. The number of anilines is 1. The summed E-state index contributed by atoms with van der Waals surface area (Å²) in [7, 11) is 1.26. The van der Waals surface area contributed by atoms with E-state index in [0.29, 0.717) is 24.9 Å². The number of carbonyl (C=O) groups is 9. The van der Waals surface area contributed by atoms with Crippen LogP contribution in [0, 0.1) is 5.92 Å². The molecule has 2 aromatic carbocycles. The van der Waals surface area contributed by atoms with Crippen LogP contribution in [-0.2, 0) is 44.8 Å². The highest BCUT2D eigenvalue weighted by molar-refractivity contribution is 6.40. The Labute approximate surface area is 340 Å². The lowest BCUT2D eigenvalue weighted by Crippen LogP contribution is -2.57. The molecule has 0 aliphatic rings. The number of nitrogens with two attached hydrogens (primary N) is 3. The number of hydrogen-bond donors (Lipinski definition) is 11. The second-order valence-corrected chi connectivity index (χ2v) is 13.7. The van der Waals surface area contributed by atoms with Crippen molar-refractivity contribution in [2.75, 3.05) is 25.5 Å². The highest BCUT2D eigenvalue weighted by Gasteiger charge is 2.30. The van der Waals surface area contributed by atoms with E-state index in [-0.39, 0.29) is 48.6 Å². The smallest absolute Gasteiger partial charge is 0.313 e. The van der Waals surface area contributed by atoms with Crippen LogP contribution in [-0.4, -0.2) is 103 Å². The molecule has 0 spiro atoms. The van der Waals surface area contributed by atoms with Gasteiger partial charge in [-0.1, -0.05) is 44.2 Å². The van der Waals surface area contributed by atoms with E-state index in [2.05, 4.69) is 37.4 Å². The van der Waals surface area contributed by atoms with E-state index in [1.807, 2.05) is 0 Å². The molecule has 0 saturated heterocycles. The number of methoxy groups -OCH3 is 1. The summed E-state index contributed by atoms with van der Waals surface area (Å²) in [4.78, 5) is 114. The van der Waals surface area contributed by atoms with Crippen LogP contribution in [0.4, 0.5) is 5.69 Å². The second kappa shape index (κ2) is 24.9. The number of amides is 8. The Kier molecular flexibility index (Phi) is 20.5. The average Bonchev–Trinajstić information content (AvgIpc) is 3.20. The molecule has 0 aromatic heterocycles. The molecule has 14 N–H and O–H groups in total. The first-order valence-electron chi connectivity index (χ1n) is 18.7. The van der Waals surface area contributed by atoms with Crippen molar-refractivity contribution in [3.63, 3.8) is 0 Å². The van der Waals surface area contributed by atoms with Crippen molar-refractivity contribution in [2.24, 2.45) is 23.1 Å². The van der Waals surface area contributed by atoms with E-state index < -0.39 is 90.4 Å². The van der Waals surface area contributed by atoms with Crippen molar-refractivity contribution in [2.45, 2.75) is 83.0 Å². The zero-order valence-corrected chi connectivity index (χ0v) is 33.1. The van der Waals surface area contributed by atoms with Gasteiger partial charge < -0.3 is 53.6 Å². The summed E-state index contributed by atoms with van der Waals surface area (Å²) in [6, 6.07) is 7.34. The Balaban J connectivity index is 2.22. The fourth-order valence-electron chi connectivity index (χ4n) is 5.52. The van der Waals surface area contributed by atoms with Crippen molar-refractivity contribution in [3.05, 3.63) is 59.7 Å². The predicted octanol–water partition coefficient (Wildman–Crippen LogP) is -1.94. The summed E-state index contributed by atoms with van der Waals surface area (Å²) in [5.74, 6) is -8.70. The minimum atomic E-state index is -1.35. The monoisotopic (exact) mass is 826 g/mol. The van der Waals surface area contributed by atoms with Gasteiger partial charge >= 0.3 is 17.8 Å². The molecule has 0 aliphatic carbocycles. The van der Waals surface area contributed by atoms with E-state index in [9.17, 15) is 43.2 Å². The average molecular weight is 827 g/mol. The van der Waals surface area contributed by atoms with Crippen LogP contribution in [0.25, 0.3) is 0 Å². The van der Waals surface area contributed by atoms with Gasteiger partial charge in [0.05, 0.1) is 19.2 Å². The van der Waals surface area contributed by atoms with Crippen molar-refractivity contribution in [1.29, 1.82) is 0 Å². The summed E-state index contributed by atoms with van der Waals surface area (Å²) < 4.78 is 5.27. The highest BCUT2D eigenvalue weighted by Crippen LogP contribution is 2.23. The van der Waals surface area contributed by atoms with Gasteiger partial charge in [0.1, 0.15) is 29.9 Å². The zero-order valence-electron chi connectivity index (χ0n) is 33.1. The minimum absolute atomic E-state index is 0.00519.